The zero-order valence-corrected chi connectivity index (χ0v) is 13.4. The van der Waals surface area contributed by atoms with Gasteiger partial charge in [-0.3, -0.25) is 10.1 Å². The van der Waals surface area contributed by atoms with Crippen molar-refractivity contribution in [2.45, 2.75) is 6.92 Å². The molecule has 0 spiro atoms. The zero-order chi connectivity index (χ0) is 15.9. The minimum atomic E-state index is -0.344. The highest BCUT2D eigenvalue weighted by molar-refractivity contribution is 7.80. The number of rotatable bonds is 4. The van der Waals surface area contributed by atoms with Crippen LogP contribution in [0.5, 0.6) is 5.75 Å². The van der Waals surface area contributed by atoms with Gasteiger partial charge >= 0.3 is 0 Å². The molecule has 114 valence electrons. The molecule has 2 aromatic rings. The van der Waals surface area contributed by atoms with Crippen LogP contribution in [-0.4, -0.2) is 22.6 Å². The number of nitrogens with zero attached hydrogens (tertiary/aromatic N) is 1. The van der Waals surface area contributed by atoms with Gasteiger partial charge in [-0.2, -0.15) is 0 Å². The third-order valence-electron chi connectivity index (χ3n) is 2.64. The van der Waals surface area contributed by atoms with Gasteiger partial charge in [0.2, 0.25) is 0 Å². The van der Waals surface area contributed by atoms with E-state index in [1.54, 1.807) is 36.4 Å². The van der Waals surface area contributed by atoms with E-state index in [0.29, 0.717) is 28.8 Å². The lowest BCUT2D eigenvalue weighted by Crippen LogP contribution is -2.34. The molecule has 2 rings (SSSR count). The summed E-state index contributed by atoms with van der Waals surface area (Å²) in [4.78, 5) is 16.2. The van der Waals surface area contributed by atoms with Crippen LogP contribution in [0, 0.1) is 0 Å². The molecule has 1 heterocycles. The lowest BCUT2D eigenvalue weighted by molar-refractivity contribution is 0.0974. The van der Waals surface area contributed by atoms with E-state index in [2.05, 4.69) is 15.6 Å². The highest BCUT2D eigenvalue weighted by atomic mass is 35.5. The van der Waals surface area contributed by atoms with Gasteiger partial charge in [-0.1, -0.05) is 23.7 Å². The highest BCUT2D eigenvalue weighted by Gasteiger charge is 2.13. The third kappa shape index (κ3) is 4.41. The molecule has 22 heavy (non-hydrogen) atoms. The number of nitrogens with one attached hydrogen (secondary N) is 2. The summed E-state index contributed by atoms with van der Waals surface area (Å²) in [5, 5.41) is 6.01. The van der Waals surface area contributed by atoms with Crippen molar-refractivity contribution < 1.29 is 9.53 Å². The zero-order valence-electron chi connectivity index (χ0n) is 11.8. The Kier molecular flexibility index (Phi) is 5.68. The number of thiocarbonyl (C=S) groups is 1. The molecule has 0 aliphatic rings. The molecule has 0 bridgehead atoms. The summed E-state index contributed by atoms with van der Waals surface area (Å²) in [6, 6.07) is 10.3. The number of ether oxygens (including phenoxy) is 1. The van der Waals surface area contributed by atoms with Crippen molar-refractivity contribution >= 4 is 40.5 Å². The van der Waals surface area contributed by atoms with Crippen molar-refractivity contribution in [3.63, 3.8) is 0 Å². The van der Waals surface area contributed by atoms with Crippen LogP contribution in [0.25, 0.3) is 0 Å². The first-order valence-electron chi connectivity index (χ1n) is 6.56. The normalized spacial score (nSPS) is 9.91. The molecule has 1 aromatic heterocycles. The van der Waals surface area contributed by atoms with Gasteiger partial charge in [0, 0.05) is 0 Å². The molecule has 0 unspecified atom stereocenters. The predicted molar refractivity (Wildman–Crippen MR) is 90.5 cm³/mol. The van der Waals surface area contributed by atoms with Crippen LogP contribution in [0.4, 0.5) is 5.69 Å². The van der Waals surface area contributed by atoms with Crippen molar-refractivity contribution in [3.8, 4) is 5.75 Å². The number of pyridine rings is 1. The number of anilines is 1. The average molecular weight is 336 g/mol. The lowest BCUT2D eigenvalue weighted by Gasteiger charge is -2.12. The number of aromatic nitrogens is 1. The Labute approximate surface area is 138 Å². The van der Waals surface area contributed by atoms with E-state index in [4.69, 9.17) is 28.6 Å². The lowest BCUT2D eigenvalue weighted by atomic mass is 10.2. The second-order valence-electron chi connectivity index (χ2n) is 4.21. The molecule has 0 saturated carbocycles. The van der Waals surface area contributed by atoms with E-state index in [9.17, 15) is 4.79 Å². The van der Waals surface area contributed by atoms with Crippen LogP contribution in [-0.2, 0) is 0 Å². The number of hydrogen-bond donors (Lipinski definition) is 2. The van der Waals surface area contributed by atoms with Gasteiger partial charge in [-0.15, -0.1) is 0 Å². The van der Waals surface area contributed by atoms with Crippen LogP contribution >= 0.6 is 23.8 Å². The van der Waals surface area contributed by atoms with Gasteiger partial charge in [0.25, 0.3) is 5.91 Å². The van der Waals surface area contributed by atoms with Gasteiger partial charge in [-0.25, -0.2) is 4.98 Å². The monoisotopic (exact) mass is 335 g/mol. The van der Waals surface area contributed by atoms with Crippen molar-refractivity contribution in [1.82, 2.24) is 10.3 Å². The fraction of sp³-hybridized carbons (Fsp3) is 0.133. The summed E-state index contributed by atoms with van der Waals surface area (Å²) < 4.78 is 5.42. The maximum Gasteiger partial charge on any atom is 0.261 e. The largest absolute Gasteiger partial charge is 0.493 e. The van der Waals surface area contributed by atoms with Crippen LogP contribution in [0.3, 0.4) is 0 Å². The number of carbonyl (C=O) groups is 1. The summed E-state index contributed by atoms with van der Waals surface area (Å²) in [5.41, 5.74) is 1.05. The minimum Gasteiger partial charge on any atom is -0.493 e. The van der Waals surface area contributed by atoms with E-state index in [1.165, 1.54) is 6.20 Å². The Hall–Kier alpha value is -2.18. The highest BCUT2D eigenvalue weighted by Crippen LogP contribution is 2.17. The molecule has 1 amide bonds. The summed E-state index contributed by atoms with van der Waals surface area (Å²) in [6.45, 7) is 2.33. The summed E-state index contributed by atoms with van der Waals surface area (Å²) in [7, 11) is 0. The van der Waals surface area contributed by atoms with Gasteiger partial charge in [0.05, 0.1) is 24.1 Å². The Balaban J connectivity index is 2.02. The smallest absolute Gasteiger partial charge is 0.261 e. The van der Waals surface area contributed by atoms with Crippen LogP contribution in [0.15, 0.2) is 42.6 Å². The van der Waals surface area contributed by atoms with Crippen molar-refractivity contribution in [3.05, 3.63) is 53.3 Å². The molecular formula is C15H14ClN3O2S. The number of amides is 1. The number of benzene rings is 1. The fourth-order valence-corrected chi connectivity index (χ4v) is 2.04. The SMILES string of the molecule is CCOc1ccccc1C(=O)NC(=S)Nc1ccc(Cl)nc1. The Morgan fingerprint density at radius 1 is 1.32 bits per heavy atom. The number of para-hydroxylation sites is 1. The van der Waals surface area contributed by atoms with Crippen LogP contribution in [0.2, 0.25) is 5.15 Å². The number of carbonyl (C=O) groups excluding carboxylic acids is 1. The standard InChI is InChI=1S/C15H14ClN3O2S/c1-2-21-12-6-4-3-5-11(12)14(20)19-15(22)18-10-7-8-13(16)17-9-10/h3-9H,2H2,1H3,(H2,18,19,20,22). The fourth-order valence-electron chi connectivity index (χ4n) is 1.72. The predicted octanol–water partition coefficient (Wildman–Crippen LogP) is 3.26. The molecule has 0 radical (unpaired) electrons. The molecule has 7 heteroatoms. The van der Waals surface area contributed by atoms with Gasteiger partial charge in [-0.05, 0) is 43.4 Å². The average Bonchev–Trinajstić information content (AvgIpc) is 2.50. The van der Waals surface area contributed by atoms with E-state index < -0.39 is 0 Å². The first kappa shape index (κ1) is 16.2. The van der Waals surface area contributed by atoms with E-state index in [-0.39, 0.29) is 11.0 Å². The first-order valence-corrected chi connectivity index (χ1v) is 7.34. The summed E-state index contributed by atoms with van der Waals surface area (Å²) in [6.07, 6.45) is 1.52. The topological polar surface area (TPSA) is 63.2 Å². The maximum absolute atomic E-state index is 12.2. The molecule has 1 aromatic carbocycles. The Morgan fingerprint density at radius 2 is 2.09 bits per heavy atom. The van der Waals surface area contributed by atoms with Gasteiger partial charge < -0.3 is 10.1 Å². The molecule has 2 N–H and O–H groups in total. The first-order chi connectivity index (χ1) is 10.6. The molecule has 0 aliphatic carbocycles. The number of hydrogen-bond acceptors (Lipinski definition) is 4. The van der Waals surface area contributed by atoms with E-state index >= 15 is 0 Å². The van der Waals surface area contributed by atoms with E-state index in [1.807, 2.05) is 6.92 Å². The second kappa shape index (κ2) is 7.72. The maximum atomic E-state index is 12.2. The van der Waals surface area contributed by atoms with Crippen molar-refractivity contribution in [1.29, 1.82) is 0 Å². The van der Waals surface area contributed by atoms with Crippen molar-refractivity contribution in [2.24, 2.45) is 0 Å². The quantitative estimate of drug-likeness (QED) is 0.663. The van der Waals surface area contributed by atoms with Crippen LogP contribution < -0.4 is 15.4 Å². The van der Waals surface area contributed by atoms with Gasteiger partial charge in [0.1, 0.15) is 10.9 Å². The summed E-state index contributed by atoms with van der Waals surface area (Å²) in [5.74, 6) is 0.168. The molecule has 0 saturated heterocycles. The van der Waals surface area contributed by atoms with Crippen LogP contribution in [0.1, 0.15) is 17.3 Å². The molecule has 0 aliphatic heterocycles. The minimum absolute atomic E-state index is 0.167. The molecule has 5 nitrogen and oxygen atoms in total. The van der Waals surface area contributed by atoms with Gasteiger partial charge in [0.15, 0.2) is 5.11 Å². The van der Waals surface area contributed by atoms with Crippen molar-refractivity contribution in [2.75, 3.05) is 11.9 Å². The second-order valence-corrected chi connectivity index (χ2v) is 5.00. The van der Waals surface area contributed by atoms with E-state index in [0.717, 1.165) is 0 Å². The number of halogens is 1. The molecule has 0 atom stereocenters. The molecule has 0 fully saturated rings. The Bertz CT molecular complexity index is 677. The molecular weight excluding hydrogens is 322 g/mol. The Morgan fingerprint density at radius 3 is 2.77 bits per heavy atom. The third-order valence-corrected chi connectivity index (χ3v) is 3.07. The summed E-state index contributed by atoms with van der Waals surface area (Å²) >= 11 is 10.8.